The van der Waals surface area contributed by atoms with Gasteiger partial charge in [-0.3, -0.25) is 10.1 Å². The smallest absolute Gasteiger partial charge is 0.258 e. The van der Waals surface area contributed by atoms with Gasteiger partial charge in [-0.1, -0.05) is 43.6 Å². The SMILES string of the molecule is CC[C@@H](C)c1ccc2oc(-c3ccc(NC(=S)NC(=O)c4ccccc4Cl)cc3)nc2c1. The number of nitrogens with one attached hydrogen (secondary N) is 2. The van der Waals surface area contributed by atoms with Crippen LogP contribution in [0.3, 0.4) is 0 Å². The number of oxazole rings is 1. The molecule has 0 spiro atoms. The zero-order chi connectivity index (χ0) is 22.7. The summed E-state index contributed by atoms with van der Waals surface area (Å²) in [5, 5.41) is 6.18. The number of amides is 1. The maximum atomic E-state index is 12.3. The maximum Gasteiger partial charge on any atom is 0.258 e. The van der Waals surface area contributed by atoms with E-state index in [1.165, 1.54) is 5.56 Å². The van der Waals surface area contributed by atoms with E-state index >= 15 is 0 Å². The first-order chi connectivity index (χ1) is 15.4. The van der Waals surface area contributed by atoms with Crippen molar-refractivity contribution >= 4 is 51.6 Å². The molecule has 0 unspecified atom stereocenters. The molecule has 0 saturated heterocycles. The van der Waals surface area contributed by atoms with Gasteiger partial charge in [-0.25, -0.2) is 4.98 Å². The molecule has 7 heteroatoms. The minimum absolute atomic E-state index is 0.183. The van der Waals surface area contributed by atoms with Gasteiger partial charge in [0.2, 0.25) is 5.89 Å². The largest absolute Gasteiger partial charge is 0.436 e. The number of nitrogens with zero attached hydrogens (tertiary/aromatic N) is 1. The van der Waals surface area contributed by atoms with Crippen LogP contribution in [-0.2, 0) is 0 Å². The monoisotopic (exact) mass is 463 g/mol. The Balaban J connectivity index is 1.44. The fourth-order valence-electron chi connectivity index (χ4n) is 3.28. The zero-order valence-corrected chi connectivity index (χ0v) is 19.3. The zero-order valence-electron chi connectivity index (χ0n) is 17.7. The Labute approximate surface area is 196 Å². The topological polar surface area (TPSA) is 67.2 Å². The van der Waals surface area contributed by atoms with E-state index in [1.54, 1.807) is 24.3 Å². The number of aromatic nitrogens is 1. The molecule has 162 valence electrons. The molecule has 0 fully saturated rings. The number of thiocarbonyl (C=S) groups is 1. The highest BCUT2D eigenvalue weighted by Crippen LogP contribution is 2.28. The predicted octanol–water partition coefficient (Wildman–Crippen LogP) is 6.79. The van der Waals surface area contributed by atoms with Gasteiger partial charge in [-0.05, 0) is 78.7 Å². The first kappa shape index (κ1) is 22.0. The standard InChI is InChI=1S/C25H22ClN3O2S/c1-3-15(2)17-10-13-22-21(14-17)28-24(31-22)16-8-11-18(12-9-16)27-25(32)29-23(30)19-6-4-5-7-20(19)26/h4-15H,3H2,1-2H3,(H2,27,29,30,32)/t15-/m1/s1. The minimum Gasteiger partial charge on any atom is -0.436 e. The number of rotatable bonds is 5. The lowest BCUT2D eigenvalue weighted by Crippen LogP contribution is -2.34. The Morgan fingerprint density at radius 1 is 1.12 bits per heavy atom. The molecule has 0 aliphatic carbocycles. The van der Waals surface area contributed by atoms with Crippen LogP contribution in [-0.4, -0.2) is 16.0 Å². The summed E-state index contributed by atoms with van der Waals surface area (Å²) in [5.74, 6) is 0.669. The van der Waals surface area contributed by atoms with Crippen LogP contribution in [0.2, 0.25) is 5.02 Å². The molecule has 1 atom stereocenters. The lowest BCUT2D eigenvalue weighted by Gasteiger charge is -2.10. The minimum atomic E-state index is -0.368. The Bertz CT molecular complexity index is 1280. The van der Waals surface area contributed by atoms with Gasteiger partial charge in [-0.15, -0.1) is 0 Å². The highest BCUT2D eigenvalue weighted by molar-refractivity contribution is 7.80. The van der Waals surface area contributed by atoms with Crippen molar-refractivity contribution in [3.05, 3.63) is 82.9 Å². The third-order valence-electron chi connectivity index (χ3n) is 5.33. The second-order valence-electron chi connectivity index (χ2n) is 7.52. The molecule has 0 saturated carbocycles. The van der Waals surface area contributed by atoms with E-state index in [9.17, 15) is 4.79 Å². The number of benzene rings is 3. The molecule has 0 aliphatic rings. The van der Waals surface area contributed by atoms with Gasteiger partial charge in [0.05, 0.1) is 10.6 Å². The third kappa shape index (κ3) is 4.82. The van der Waals surface area contributed by atoms with E-state index in [1.807, 2.05) is 30.3 Å². The fourth-order valence-corrected chi connectivity index (χ4v) is 3.72. The van der Waals surface area contributed by atoms with Crippen LogP contribution in [0.5, 0.6) is 0 Å². The number of hydrogen-bond acceptors (Lipinski definition) is 4. The normalized spacial score (nSPS) is 11.8. The van der Waals surface area contributed by atoms with Gasteiger partial charge in [0.15, 0.2) is 10.7 Å². The lowest BCUT2D eigenvalue weighted by molar-refractivity contribution is 0.0978. The van der Waals surface area contributed by atoms with Crippen LogP contribution in [0.4, 0.5) is 5.69 Å². The fraction of sp³-hybridized carbons (Fsp3) is 0.160. The summed E-state index contributed by atoms with van der Waals surface area (Å²) in [6.07, 6.45) is 1.07. The Kier molecular flexibility index (Phi) is 6.53. The van der Waals surface area contributed by atoms with Crippen LogP contribution >= 0.6 is 23.8 Å². The van der Waals surface area contributed by atoms with E-state index in [-0.39, 0.29) is 11.0 Å². The summed E-state index contributed by atoms with van der Waals surface area (Å²) in [7, 11) is 0. The predicted molar refractivity (Wildman–Crippen MR) is 133 cm³/mol. The Morgan fingerprint density at radius 3 is 2.59 bits per heavy atom. The van der Waals surface area contributed by atoms with E-state index < -0.39 is 0 Å². The van der Waals surface area contributed by atoms with Gasteiger partial charge in [-0.2, -0.15) is 0 Å². The molecule has 32 heavy (non-hydrogen) atoms. The number of carbonyl (C=O) groups excluding carboxylic acids is 1. The van der Waals surface area contributed by atoms with E-state index in [4.69, 9.17) is 28.2 Å². The van der Waals surface area contributed by atoms with Gasteiger partial charge >= 0.3 is 0 Å². The molecule has 0 aliphatic heterocycles. The third-order valence-corrected chi connectivity index (χ3v) is 5.86. The van der Waals surface area contributed by atoms with Crippen molar-refractivity contribution in [3.63, 3.8) is 0 Å². The molecule has 1 amide bonds. The maximum absolute atomic E-state index is 12.3. The molecule has 5 nitrogen and oxygen atoms in total. The van der Waals surface area contributed by atoms with Gasteiger partial charge in [0, 0.05) is 11.3 Å². The Hall–Kier alpha value is -3.22. The molecule has 3 aromatic carbocycles. The average molecular weight is 464 g/mol. The molecule has 1 aromatic heterocycles. The summed E-state index contributed by atoms with van der Waals surface area (Å²) in [6, 6.07) is 20.4. The second-order valence-corrected chi connectivity index (χ2v) is 8.34. The molecule has 4 aromatic rings. The highest BCUT2D eigenvalue weighted by atomic mass is 35.5. The summed E-state index contributed by atoms with van der Waals surface area (Å²) < 4.78 is 5.93. The molecule has 4 rings (SSSR count). The van der Waals surface area contributed by atoms with Gasteiger partial charge in [0.1, 0.15) is 5.52 Å². The van der Waals surface area contributed by atoms with Crippen molar-refractivity contribution in [2.24, 2.45) is 0 Å². The quantitative estimate of drug-likeness (QED) is 0.319. The summed E-state index contributed by atoms with van der Waals surface area (Å²) >= 11 is 11.3. The van der Waals surface area contributed by atoms with Crippen molar-refractivity contribution in [1.82, 2.24) is 10.3 Å². The molecule has 0 radical (unpaired) electrons. The van der Waals surface area contributed by atoms with Crippen LogP contribution in [0, 0.1) is 0 Å². The number of hydrogen-bond donors (Lipinski definition) is 2. The number of carbonyl (C=O) groups is 1. The molecular weight excluding hydrogens is 442 g/mol. The number of anilines is 1. The first-order valence-corrected chi connectivity index (χ1v) is 11.1. The lowest BCUT2D eigenvalue weighted by atomic mass is 9.98. The number of halogens is 1. The second kappa shape index (κ2) is 9.51. The van der Waals surface area contributed by atoms with E-state index in [2.05, 4.69) is 41.6 Å². The molecule has 0 bridgehead atoms. The summed E-state index contributed by atoms with van der Waals surface area (Å²) in [4.78, 5) is 17.0. The van der Waals surface area contributed by atoms with Crippen LogP contribution in [0.25, 0.3) is 22.6 Å². The summed E-state index contributed by atoms with van der Waals surface area (Å²) in [5.41, 5.74) is 4.81. The van der Waals surface area contributed by atoms with Gasteiger partial charge in [0.25, 0.3) is 5.91 Å². The van der Waals surface area contributed by atoms with Crippen molar-refractivity contribution in [2.75, 3.05) is 5.32 Å². The van der Waals surface area contributed by atoms with Crippen LogP contribution in [0.1, 0.15) is 42.1 Å². The highest BCUT2D eigenvalue weighted by Gasteiger charge is 2.13. The molecule has 1 heterocycles. The Morgan fingerprint density at radius 2 is 1.88 bits per heavy atom. The van der Waals surface area contributed by atoms with Crippen molar-refractivity contribution in [1.29, 1.82) is 0 Å². The van der Waals surface area contributed by atoms with Gasteiger partial charge < -0.3 is 9.73 Å². The molecular formula is C25H22ClN3O2S. The number of fused-ring (bicyclic) bond motifs is 1. The average Bonchev–Trinajstić information content (AvgIpc) is 3.22. The summed E-state index contributed by atoms with van der Waals surface area (Å²) in [6.45, 7) is 4.38. The van der Waals surface area contributed by atoms with Crippen LogP contribution in [0.15, 0.2) is 71.1 Å². The first-order valence-electron chi connectivity index (χ1n) is 10.3. The molecule has 2 N–H and O–H groups in total. The van der Waals surface area contributed by atoms with Crippen molar-refractivity contribution < 1.29 is 9.21 Å². The van der Waals surface area contributed by atoms with Crippen molar-refractivity contribution in [2.45, 2.75) is 26.2 Å². The van der Waals surface area contributed by atoms with E-state index in [0.717, 1.165) is 28.8 Å². The van der Waals surface area contributed by atoms with E-state index in [0.29, 0.717) is 22.4 Å². The van der Waals surface area contributed by atoms with Crippen LogP contribution < -0.4 is 10.6 Å². The van der Waals surface area contributed by atoms with Crippen molar-refractivity contribution in [3.8, 4) is 11.5 Å².